The minimum atomic E-state index is 0. The van der Waals surface area contributed by atoms with Gasteiger partial charge < -0.3 is 12.4 Å². The van der Waals surface area contributed by atoms with Crippen LogP contribution in [0.2, 0.25) is 10.0 Å². The zero-order valence-electron chi connectivity index (χ0n) is 11.8. The quantitative estimate of drug-likeness (QED) is 0.619. The van der Waals surface area contributed by atoms with Crippen molar-refractivity contribution in [3.05, 3.63) is 69.6 Å². The van der Waals surface area contributed by atoms with E-state index in [1.165, 1.54) is 11.3 Å². The summed E-state index contributed by atoms with van der Waals surface area (Å²) < 4.78 is 4.37. The number of aryl methyl sites for hydroxylation is 2. The molecular weight excluding hydrogens is 327 g/mol. The Labute approximate surface area is 140 Å². The zero-order valence-corrected chi connectivity index (χ0v) is 14.0. The van der Waals surface area contributed by atoms with E-state index in [1.54, 1.807) is 6.07 Å². The first kappa shape index (κ1) is 16.2. The lowest BCUT2D eigenvalue weighted by atomic mass is 10.2. The Bertz CT molecular complexity index is 794. The highest BCUT2D eigenvalue weighted by molar-refractivity contribution is 6.35. The Hall–Kier alpha value is -1.22. The largest absolute Gasteiger partial charge is 1.00 e. The normalized spacial score (nSPS) is 10.7. The standard InChI is InChI=1S/C16H15Cl2N2.ClH/c1-11-7-12(2)20-6-5-19(16(20)8-11)10-13-3-4-14(17)9-15(13)18;/h3-9H,10H2,1-2H3;1H/q+1;/p-1. The first-order chi connectivity index (χ1) is 9.54. The molecule has 0 saturated heterocycles. The molecule has 0 saturated carbocycles. The molecule has 0 N–H and O–H groups in total. The molecule has 2 aromatic heterocycles. The second-order valence-corrected chi connectivity index (χ2v) is 5.91. The smallest absolute Gasteiger partial charge is 0.286 e. The van der Waals surface area contributed by atoms with E-state index in [0.29, 0.717) is 10.0 Å². The van der Waals surface area contributed by atoms with Crippen LogP contribution in [-0.2, 0) is 6.54 Å². The Balaban J connectivity index is 0.00000161. The highest BCUT2D eigenvalue weighted by Crippen LogP contribution is 2.21. The average Bonchev–Trinajstić information content (AvgIpc) is 2.76. The fourth-order valence-electron chi connectivity index (χ4n) is 2.50. The Morgan fingerprint density at radius 1 is 1.10 bits per heavy atom. The van der Waals surface area contributed by atoms with Gasteiger partial charge >= 0.3 is 0 Å². The number of imidazole rings is 1. The van der Waals surface area contributed by atoms with E-state index in [2.05, 4.69) is 47.3 Å². The number of halogens is 3. The Morgan fingerprint density at radius 3 is 2.57 bits per heavy atom. The molecule has 2 nitrogen and oxygen atoms in total. The van der Waals surface area contributed by atoms with Crippen molar-refractivity contribution in [2.45, 2.75) is 20.4 Å². The topological polar surface area (TPSA) is 8.29 Å². The van der Waals surface area contributed by atoms with Crippen molar-refractivity contribution in [1.82, 2.24) is 4.40 Å². The van der Waals surface area contributed by atoms with E-state index >= 15 is 0 Å². The maximum atomic E-state index is 6.26. The fraction of sp³-hybridized carbons (Fsp3) is 0.188. The van der Waals surface area contributed by atoms with E-state index in [-0.39, 0.29) is 12.4 Å². The number of pyridine rings is 1. The summed E-state index contributed by atoms with van der Waals surface area (Å²) in [7, 11) is 0. The Morgan fingerprint density at radius 2 is 1.86 bits per heavy atom. The van der Waals surface area contributed by atoms with Gasteiger partial charge in [0.25, 0.3) is 5.65 Å². The summed E-state index contributed by atoms with van der Waals surface area (Å²) in [5.74, 6) is 0. The number of hydrogen-bond donors (Lipinski definition) is 0. The molecule has 0 aliphatic carbocycles. The lowest BCUT2D eigenvalue weighted by Crippen LogP contribution is -3.00. The molecule has 0 atom stereocenters. The molecule has 0 bridgehead atoms. The Kier molecular flexibility index (Phi) is 4.82. The van der Waals surface area contributed by atoms with Crippen molar-refractivity contribution in [2.75, 3.05) is 0 Å². The first-order valence-electron chi connectivity index (χ1n) is 6.46. The third-order valence-corrected chi connectivity index (χ3v) is 4.05. The van der Waals surface area contributed by atoms with Gasteiger partial charge in [0.15, 0.2) is 0 Å². The number of fused-ring (bicyclic) bond motifs is 1. The van der Waals surface area contributed by atoms with E-state index in [9.17, 15) is 0 Å². The van der Waals surface area contributed by atoms with Gasteiger partial charge in [-0.25, -0.2) is 8.97 Å². The zero-order chi connectivity index (χ0) is 14.3. The number of benzene rings is 1. The lowest BCUT2D eigenvalue weighted by molar-refractivity contribution is -0.661. The lowest BCUT2D eigenvalue weighted by Gasteiger charge is -2.03. The van der Waals surface area contributed by atoms with Crippen molar-refractivity contribution in [3.8, 4) is 0 Å². The van der Waals surface area contributed by atoms with Gasteiger partial charge in [-0.05, 0) is 37.6 Å². The van der Waals surface area contributed by atoms with Gasteiger partial charge in [-0.2, -0.15) is 0 Å². The molecule has 0 spiro atoms. The average molecular weight is 342 g/mol. The predicted molar refractivity (Wildman–Crippen MR) is 82.6 cm³/mol. The molecule has 3 aromatic rings. The van der Waals surface area contributed by atoms with E-state index in [4.69, 9.17) is 23.2 Å². The summed E-state index contributed by atoms with van der Waals surface area (Å²) in [4.78, 5) is 0. The SMILES string of the molecule is Cc1cc(C)n2cc[n+](Cc3ccc(Cl)cc3Cl)c2c1.[Cl-]. The van der Waals surface area contributed by atoms with Crippen LogP contribution in [-0.4, -0.2) is 4.40 Å². The van der Waals surface area contributed by atoms with Gasteiger partial charge in [-0.1, -0.05) is 29.3 Å². The number of rotatable bonds is 2. The molecule has 110 valence electrons. The van der Waals surface area contributed by atoms with Crippen LogP contribution < -0.4 is 17.0 Å². The summed E-state index contributed by atoms with van der Waals surface area (Å²) in [6.45, 7) is 4.95. The molecule has 0 radical (unpaired) electrons. The molecule has 3 rings (SSSR count). The summed E-state index contributed by atoms with van der Waals surface area (Å²) in [5.41, 5.74) is 4.70. The van der Waals surface area contributed by atoms with E-state index in [0.717, 1.165) is 17.8 Å². The molecular formula is C16H15Cl3N2. The van der Waals surface area contributed by atoms with Gasteiger partial charge in [0.2, 0.25) is 0 Å². The van der Waals surface area contributed by atoms with Gasteiger partial charge in [0.1, 0.15) is 24.6 Å². The third-order valence-electron chi connectivity index (χ3n) is 3.47. The molecule has 21 heavy (non-hydrogen) atoms. The molecule has 5 heteroatoms. The van der Waals surface area contributed by atoms with Crippen LogP contribution in [0.4, 0.5) is 0 Å². The fourth-order valence-corrected chi connectivity index (χ4v) is 2.97. The molecule has 1 aromatic carbocycles. The van der Waals surface area contributed by atoms with Gasteiger partial charge in [-0.3, -0.25) is 0 Å². The highest BCUT2D eigenvalue weighted by Gasteiger charge is 2.14. The molecule has 0 aliphatic rings. The van der Waals surface area contributed by atoms with Crippen molar-refractivity contribution in [1.29, 1.82) is 0 Å². The summed E-state index contributed by atoms with van der Waals surface area (Å²) >= 11 is 12.2. The van der Waals surface area contributed by atoms with E-state index in [1.807, 2.05) is 12.1 Å². The first-order valence-corrected chi connectivity index (χ1v) is 7.22. The van der Waals surface area contributed by atoms with Crippen LogP contribution in [0.25, 0.3) is 5.65 Å². The second kappa shape index (κ2) is 6.27. The number of aromatic nitrogens is 2. The van der Waals surface area contributed by atoms with Gasteiger partial charge in [0, 0.05) is 21.7 Å². The molecule has 2 heterocycles. The van der Waals surface area contributed by atoms with Gasteiger partial charge in [-0.15, -0.1) is 0 Å². The molecule has 0 amide bonds. The van der Waals surface area contributed by atoms with Gasteiger partial charge in [0.05, 0.1) is 0 Å². The third kappa shape index (κ3) is 3.18. The minimum Gasteiger partial charge on any atom is -1.00 e. The molecule has 0 aliphatic heterocycles. The maximum Gasteiger partial charge on any atom is 0.286 e. The monoisotopic (exact) mass is 340 g/mol. The predicted octanol–water partition coefficient (Wildman–Crippen LogP) is 1.20. The summed E-state index contributed by atoms with van der Waals surface area (Å²) in [6, 6.07) is 9.99. The highest BCUT2D eigenvalue weighted by atomic mass is 35.5. The van der Waals surface area contributed by atoms with Crippen LogP contribution in [0.5, 0.6) is 0 Å². The molecule has 0 unspecified atom stereocenters. The summed E-state index contributed by atoms with van der Waals surface area (Å²) in [6.07, 6.45) is 4.15. The summed E-state index contributed by atoms with van der Waals surface area (Å²) in [5, 5.41) is 1.37. The second-order valence-electron chi connectivity index (χ2n) is 5.06. The number of nitrogens with zero attached hydrogens (tertiary/aromatic N) is 2. The van der Waals surface area contributed by atoms with Crippen molar-refractivity contribution >= 4 is 28.8 Å². The van der Waals surface area contributed by atoms with E-state index < -0.39 is 0 Å². The van der Waals surface area contributed by atoms with Crippen LogP contribution in [0.3, 0.4) is 0 Å². The molecule has 0 fully saturated rings. The van der Waals surface area contributed by atoms with Crippen LogP contribution in [0.1, 0.15) is 16.8 Å². The van der Waals surface area contributed by atoms with Crippen LogP contribution in [0.15, 0.2) is 42.7 Å². The van der Waals surface area contributed by atoms with Crippen LogP contribution in [0, 0.1) is 13.8 Å². The number of hydrogen-bond acceptors (Lipinski definition) is 0. The maximum absolute atomic E-state index is 6.26. The van der Waals surface area contributed by atoms with Crippen molar-refractivity contribution in [2.24, 2.45) is 0 Å². The van der Waals surface area contributed by atoms with Crippen molar-refractivity contribution < 1.29 is 17.0 Å². The van der Waals surface area contributed by atoms with Crippen molar-refractivity contribution in [3.63, 3.8) is 0 Å². The minimum absolute atomic E-state index is 0. The van der Waals surface area contributed by atoms with Crippen LogP contribution >= 0.6 is 23.2 Å².